The van der Waals surface area contributed by atoms with E-state index in [0.29, 0.717) is 18.0 Å². The standard InChI is InChI=1S/C22H26FN3O2S/c1-22(2,15-5-10-18(27-3)19(13-15)28-4)20-14-25-21(29-12-11-24)26(20)17-8-6-16(23)7-9-17/h5-10,13-14H,11-12,24H2,1-4H3. The zero-order valence-electron chi connectivity index (χ0n) is 17.1. The summed E-state index contributed by atoms with van der Waals surface area (Å²) in [4.78, 5) is 4.64. The molecule has 7 heteroatoms. The van der Waals surface area contributed by atoms with Crippen molar-refractivity contribution in [3.05, 3.63) is 65.7 Å². The van der Waals surface area contributed by atoms with E-state index in [-0.39, 0.29) is 5.82 Å². The van der Waals surface area contributed by atoms with Crippen LogP contribution in [0.25, 0.3) is 5.69 Å². The van der Waals surface area contributed by atoms with Crippen LogP contribution < -0.4 is 15.2 Å². The molecule has 3 aromatic rings. The molecule has 154 valence electrons. The average molecular weight is 416 g/mol. The Bertz CT molecular complexity index is 971. The highest BCUT2D eigenvalue weighted by atomic mass is 32.2. The van der Waals surface area contributed by atoms with E-state index in [1.165, 1.54) is 12.1 Å². The molecule has 0 bridgehead atoms. The number of methoxy groups -OCH3 is 2. The largest absolute Gasteiger partial charge is 0.493 e. The van der Waals surface area contributed by atoms with Crippen LogP contribution in [0.5, 0.6) is 11.5 Å². The molecule has 5 nitrogen and oxygen atoms in total. The van der Waals surface area contributed by atoms with Crippen LogP contribution in [0, 0.1) is 5.82 Å². The summed E-state index contributed by atoms with van der Waals surface area (Å²) in [5, 5.41) is 0.825. The molecule has 29 heavy (non-hydrogen) atoms. The second-order valence-electron chi connectivity index (χ2n) is 7.07. The van der Waals surface area contributed by atoms with Crippen molar-refractivity contribution in [2.75, 3.05) is 26.5 Å². The molecule has 0 aliphatic heterocycles. The number of nitrogens with two attached hydrogens (primary N) is 1. The molecule has 0 unspecified atom stereocenters. The zero-order chi connectivity index (χ0) is 21.0. The molecular formula is C22H26FN3O2S. The summed E-state index contributed by atoms with van der Waals surface area (Å²) in [6.45, 7) is 4.81. The molecule has 1 aromatic heterocycles. The van der Waals surface area contributed by atoms with Gasteiger partial charge in [-0.2, -0.15) is 0 Å². The number of aromatic nitrogens is 2. The van der Waals surface area contributed by atoms with Gasteiger partial charge >= 0.3 is 0 Å². The van der Waals surface area contributed by atoms with Gasteiger partial charge in [0, 0.05) is 23.4 Å². The Balaban J connectivity index is 2.13. The number of thioether (sulfide) groups is 1. The molecule has 0 fully saturated rings. The lowest BCUT2D eigenvalue weighted by molar-refractivity contribution is 0.353. The first-order valence-electron chi connectivity index (χ1n) is 9.32. The maximum Gasteiger partial charge on any atom is 0.172 e. The zero-order valence-corrected chi connectivity index (χ0v) is 17.9. The van der Waals surface area contributed by atoms with Gasteiger partial charge < -0.3 is 15.2 Å². The van der Waals surface area contributed by atoms with E-state index in [0.717, 1.165) is 27.9 Å². The van der Waals surface area contributed by atoms with Gasteiger partial charge in [0.05, 0.1) is 26.1 Å². The number of benzene rings is 2. The third kappa shape index (κ3) is 4.26. The molecule has 0 aliphatic carbocycles. The third-order valence-corrected chi connectivity index (χ3v) is 5.89. The molecule has 0 saturated heterocycles. The highest BCUT2D eigenvalue weighted by Crippen LogP contribution is 2.39. The first-order chi connectivity index (χ1) is 13.9. The lowest BCUT2D eigenvalue weighted by atomic mass is 9.81. The monoisotopic (exact) mass is 415 g/mol. The SMILES string of the molecule is COc1ccc(C(C)(C)c2cnc(SCCN)n2-c2ccc(F)cc2)cc1OC. The van der Waals surface area contributed by atoms with Crippen LogP contribution in [0.3, 0.4) is 0 Å². The van der Waals surface area contributed by atoms with Crippen molar-refractivity contribution in [3.63, 3.8) is 0 Å². The normalized spacial score (nSPS) is 11.5. The Labute approximate surface area is 175 Å². The minimum atomic E-state index is -0.400. The lowest BCUT2D eigenvalue weighted by Gasteiger charge is -2.28. The number of halogens is 1. The summed E-state index contributed by atoms with van der Waals surface area (Å²) in [5.41, 5.74) is 8.18. The maximum absolute atomic E-state index is 13.5. The Hall–Kier alpha value is -2.51. The molecule has 0 aliphatic rings. The van der Waals surface area contributed by atoms with E-state index in [9.17, 15) is 4.39 Å². The van der Waals surface area contributed by atoms with E-state index in [4.69, 9.17) is 15.2 Å². The number of hydrogen-bond donors (Lipinski definition) is 1. The summed E-state index contributed by atoms with van der Waals surface area (Å²) in [7, 11) is 3.24. The van der Waals surface area contributed by atoms with Crippen molar-refractivity contribution in [3.8, 4) is 17.2 Å². The second kappa shape index (κ2) is 8.88. The summed E-state index contributed by atoms with van der Waals surface area (Å²) < 4.78 is 26.4. The first-order valence-corrected chi connectivity index (χ1v) is 10.3. The van der Waals surface area contributed by atoms with Crippen molar-refractivity contribution in [2.45, 2.75) is 24.4 Å². The minimum absolute atomic E-state index is 0.272. The Morgan fingerprint density at radius 2 is 1.76 bits per heavy atom. The van der Waals surface area contributed by atoms with E-state index >= 15 is 0 Å². The number of nitrogens with zero attached hydrogens (tertiary/aromatic N) is 2. The number of rotatable bonds is 8. The van der Waals surface area contributed by atoms with Crippen LogP contribution in [0.1, 0.15) is 25.1 Å². The highest BCUT2D eigenvalue weighted by Gasteiger charge is 2.30. The van der Waals surface area contributed by atoms with Crippen molar-refractivity contribution >= 4 is 11.8 Å². The molecule has 0 amide bonds. The summed E-state index contributed by atoms with van der Waals surface area (Å²) in [6.07, 6.45) is 1.87. The predicted octanol–water partition coefficient (Wildman–Crippen LogP) is 4.41. The molecular weight excluding hydrogens is 389 g/mol. The van der Waals surface area contributed by atoms with Gasteiger partial charge in [-0.05, 0) is 42.0 Å². The van der Waals surface area contributed by atoms with Crippen LogP contribution in [0.4, 0.5) is 4.39 Å². The minimum Gasteiger partial charge on any atom is -0.493 e. The molecule has 0 radical (unpaired) electrons. The summed E-state index contributed by atoms with van der Waals surface area (Å²) in [6, 6.07) is 12.3. The topological polar surface area (TPSA) is 62.3 Å². The summed E-state index contributed by atoms with van der Waals surface area (Å²) >= 11 is 1.58. The molecule has 1 heterocycles. The number of ether oxygens (including phenoxy) is 2. The molecule has 0 saturated carbocycles. The van der Waals surface area contributed by atoms with E-state index < -0.39 is 5.41 Å². The van der Waals surface area contributed by atoms with Crippen molar-refractivity contribution in [2.24, 2.45) is 5.73 Å². The Kier molecular flexibility index (Phi) is 6.49. The van der Waals surface area contributed by atoms with E-state index in [2.05, 4.69) is 23.4 Å². The fourth-order valence-corrected chi connectivity index (χ4v) is 4.00. The second-order valence-corrected chi connectivity index (χ2v) is 8.13. The lowest BCUT2D eigenvalue weighted by Crippen LogP contribution is -2.23. The van der Waals surface area contributed by atoms with Gasteiger partial charge in [0.2, 0.25) is 0 Å². The van der Waals surface area contributed by atoms with Gasteiger partial charge in [-0.15, -0.1) is 0 Å². The maximum atomic E-state index is 13.5. The molecule has 0 spiro atoms. The third-order valence-electron chi connectivity index (χ3n) is 4.91. The van der Waals surface area contributed by atoms with Gasteiger partial charge in [0.1, 0.15) is 5.82 Å². The van der Waals surface area contributed by atoms with Crippen LogP contribution in [-0.2, 0) is 5.41 Å². The van der Waals surface area contributed by atoms with E-state index in [1.54, 1.807) is 38.1 Å². The van der Waals surface area contributed by atoms with Crippen LogP contribution >= 0.6 is 11.8 Å². The molecule has 3 rings (SSSR count). The van der Waals surface area contributed by atoms with Crippen molar-refractivity contribution < 1.29 is 13.9 Å². The van der Waals surface area contributed by atoms with Crippen LogP contribution in [0.15, 0.2) is 53.8 Å². The van der Waals surface area contributed by atoms with E-state index in [1.807, 2.05) is 24.4 Å². The van der Waals surface area contributed by atoms with Crippen LogP contribution in [0.2, 0.25) is 0 Å². The fraction of sp³-hybridized carbons (Fsp3) is 0.318. The first kappa shape index (κ1) is 21.2. The predicted molar refractivity (Wildman–Crippen MR) is 115 cm³/mol. The Morgan fingerprint density at radius 1 is 1.07 bits per heavy atom. The average Bonchev–Trinajstić information content (AvgIpc) is 3.16. The molecule has 0 atom stereocenters. The molecule has 2 N–H and O–H groups in total. The Morgan fingerprint density at radius 3 is 2.38 bits per heavy atom. The van der Waals surface area contributed by atoms with Crippen molar-refractivity contribution in [1.82, 2.24) is 9.55 Å². The van der Waals surface area contributed by atoms with Gasteiger partial charge in [-0.1, -0.05) is 31.7 Å². The van der Waals surface area contributed by atoms with Gasteiger partial charge in [-0.3, -0.25) is 4.57 Å². The summed E-state index contributed by atoms with van der Waals surface area (Å²) in [5.74, 6) is 1.82. The number of hydrogen-bond acceptors (Lipinski definition) is 5. The quantitative estimate of drug-likeness (QED) is 0.553. The van der Waals surface area contributed by atoms with Crippen LogP contribution in [-0.4, -0.2) is 36.1 Å². The number of imidazole rings is 1. The van der Waals surface area contributed by atoms with Crippen molar-refractivity contribution in [1.29, 1.82) is 0 Å². The highest BCUT2D eigenvalue weighted by molar-refractivity contribution is 7.99. The fourth-order valence-electron chi connectivity index (χ4n) is 3.24. The smallest absolute Gasteiger partial charge is 0.172 e. The molecule has 2 aromatic carbocycles. The van der Waals surface area contributed by atoms with Gasteiger partial charge in [0.15, 0.2) is 16.7 Å². The van der Waals surface area contributed by atoms with Gasteiger partial charge in [-0.25, -0.2) is 9.37 Å². The van der Waals surface area contributed by atoms with Gasteiger partial charge in [0.25, 0.3) is 0 Å².